The van der Waals surface area contributed by atoms with Crippen molar-refractivity contribution in [3.8, 4) is 5.69 Å². The molecule has 2 aromatic rings. The van der Waals surface area contributed by atoms with Crippen molar-refractivity contribution >= 4 is 25.8 Å². The first-order valence-corrected chi connectivity index (χ1v) is 7.01. The third kappa shape index (κ3) is 2.30. The normalized spacial score (nSPS) is 11.6. The highest BCUT2D eigenvalue weighted by Gasteiger charge is 2.10. The van der Waals surface area contributed by atoms with Gasteiger partial charge in [-0.15, -0.1) is 0 Å². The van der Waals surface area contributed by atoms with Crippen molar-refractivity contribution < 1.29 is 8.42 Å². The molecule has 16 heavy (non-hydrogen) atoms. The molecule has 0 aliphatic carbocycles. The van der Waals surface area contributed by atoms with E-state index < -0.39 is 9.84 Å². The van der Waals surface area contributed by atoms with Crippen LogP contribution >= 0.6 is 15.9 Å². The van der Waals surface area contributed by atoms with E-state index in [-0.39, 0.29) is 4.90 Å². The van der Waals surface area contributed by atoms with Gasteiger partial charge in [0.1, 0.15) is 4.90 Å². The molecule has 0 saturated carbocycles. The van der Waals surface area contributed by atoms with Crippen molar-refractivity contribution in [1.29, 1.82) is 0 Å². The van der Waals surface area contributed by atoms with Gasteiger partial charge in [0.05, 0.1) is 18.1 Å². The second-order valence-electron chi connectivity index (χ2n) is 3.25. The standard InChI is InChI=1S/C9H8BrN3O2S/c1-16(14,15)9-5-12-13(6-9)8-2-7(10)3-11-4-8/h2-6H,1H3. The van der Waals surface area contributed by atoms with E-state index in [1.54, 1.807) is 18.5 Å². The Kier molecular flexibility index (Phi) is 2.81. The molecule has 0 saturated heterocycles. The molecular formula is C9H8BrN3O2S. The predicted octanol–water partition coefficient (Wildman–Crippen LogP) is 1.43. The van der Waals surface area contributed by atoms with Crippen LogP contribution in [0.4, 0.5) is 0 Å². The Hall–Kier alpha value is -1.21. The monoisotopic (exact) mass is 301 g/mol. The first kappa shape index (κ1) is 11.3. The molecule has 0 spiro atoms. The average molecular weight is 302 g/mol. The molecule has 2 aromatic heterocycles. The summed E-state index contributed by atoms with van der Waals surface area (Å²) >= 11 is 3.28. The predicted molar refractivity (Wildman–Crippen MR) is 62.2 cm³/mol. The van der Waals surface area contributed by atoms with Crippen LogP contribution in [0.3, 0.4) is 0 Å². The Bertz CT molecular complexity index is 621. The van der Waals surface area contributed by atoms with Crippen molar-refractivity contribution in [3.63, 3.8) is 0 Å². The van der Waals surface area contributed by atoms with E-state index in [2.05, 4.69) is 26.0 Å². The van der Waals surface area contributed by atoms with Crippen LogP contribution < -0.4 is 0 Å². The van der Waals surface area contributed by atoms with Crippen molar-refractivity contribution in [2.75, 3.05) is 6.26 Å². The highest BCUT2D eigenvalue weighted by Crippen LogP contribution is 2.15. The maximum Gasteiger partial charge on any atom is 0.178 e. The molecule has 7 heteroatoms. The van der Waals surface area contributed by atoms with Crippen molar-refractivity contribution in [2.24, 2.45) is 0 Å². The molecule has 2 rings (SSSR count). The largest absolute Gasteiger partial charge is 0.261 e. The van der Waals surface area contributed by atoms with Crippen LogP contribution in [0.1, 0.15) is 0 Å². The summed E-state index contributed by atoms with van der Waals surface area (Å²) in [5.41, 5.74) is 0.698. The number of hydrogen-bond donors (Lipinski definition) is 0. The first-order chi connectivity index (χ1) is 7.47. The Morgan fingerprint density at radius 1 is 1.31 bits per heavy atom. The number of halogens is 1. The minimum atomic E-state index is -3.22. The zero-order valence-corrected chi connectivity index (χ0v) is 10.7. The number of nitrogens with zero attached hydrogens (tertiary/aromatic N) is 3. The van der Waals surface area contributed by atoms with Crippen LogP contribution in [0.5, 0.6) is 0 Å². The van der Waals surface area contributed by atoms with Crippen molar-refractivity contribution in [1.82, 2.24) is 14.8 Å². The van der Waals surface area contributed by atoms with Crippen LogP contribution in [0.2, 0.25) is 0 Å². The molecule has 0 amide bonds. The summed E-state index contributed by atoms with van der Waals surface area (Å²) in [5.74, 6) is 0. The summed E-state index contributed by atoms with van der Waals surface area (Å²) in [6.07, 6.45) is 7.16. The number of pyridine rings is 1. The summed E-state index contributed by atoms with van der Waals surface area (Å²) in [5, 5.41) is 3.97. The number of hydrogen-bond acceptors (Lipinski definition) is 4. The summed E-state index contributed by atoms with van der Waals surface area (Å²) < 4.78 is 24.8. The lowest BCUT2D eigenvalue weighted by molar-refractivity contribution is 0.602. The van der Waals surface area contributed by atoms with Crippen LogP contribution in [0.25, 0.3) is 5.69 Å². The van der Waals surface area contributed by atoms with E-state index in [1.165, 1.54) is 17.1 Å². The third-order valence-corrected chi connectivity index (χ3v) is 3.44. The molecule has 0 N–H and O–H groups in total. The molecule has 0 radical (unpaired) electrons. The molecule has 0 bridgehead atoms. The molecule has 0 aromatic carbocycles. The molecule has 0 aliphatic heterocycles. The van der Waals surface area contributed by atoms with Crippen LogP contribution in [-0.2, 0) is 9.84 Å². The van der Waals surface area contributed by atoms with Gasteiger partial charge in [-0.3, -0.25) is 4.98 Å². The van der Waals surface area contributed by atoms with E-state index in [0.29, 0.717) is 5.69 Å². The fourth-order valence-corrected chi connectivity index (χ4v) is 2.05. The van der Waals surface area contributed by atoms with E-state index in [4.69, 9.17) is 0 Å². The Morgan fingerprint density at radius 2 is 2.06 bits per heavy atom. The molecule has 5 nitrogen and oxygen atoms in total. The second kappa shape index (κ2) is 3.99. The zero-order chi connectivity index (χ0) is 11.8. The molecule has 0 fully saturated rings. The molecule has 0 unspecified atom stereocenters. The van der Waals surface area contributed by atoms with Gasteiger partial charge in [-0.05, 0) is 22.0 Å². The molecule has 84 valence electrons. The van der Waals surface area contributed by atoms with Gasteiger partial charge in [-0.25, -0.2) is 13.1 Å². The fourth-order valence-electron chi connectivity index (χ4n) is 1.16. The van der Waals surface area contributed by atoms with Crippen LogP contribution in [0, 0.1) is 0 Å². The van der Waals surface area contributed by atoms with E-state index in [1.807, 2.05) is 0 Å². The highest BCUT2D eigenvalue weighted by atomic mass is 79.9. The van der Waals surface area contributed by atoms with Crippen LogP contribution in [0.15, 0.2) is 40.2 Å². The third-order valence-electron chi connectivity index (χ3n) is 1.94. The molecule has 0 atom stereocenters. The fraction of sp³-hybridized carbons (Fsp3) is 0.111. The number of sulfone groups is 1. The minimum absolute atomic E-state index is 0.187. The SMILES string of the molecule is CS(=O)(=O)c1cnn(-c2cncc(Br)c2)c1. The average Bonchev–Trinajstić information content (AvgIpc) is 2.65. The molecule has 0 aliphatic rings. The summed E-state index contributed by atoms with van der Waals surface area (Å²) in [6.45, 7) is 0. The van der Waals surface area contributed by atoms with E-state index >= 15 is 0 Å². The van der Waals surface area contributed by atoms with Gasteiger partial charge in [0.25, 0.3) is 0 Å². The van der Waals surface area contributed by atoms with Gasteiger partial charge in [0.2, 0.25) is 0 Å². The lowest BCUT2D eigenvalue weighted by atomic mass is 10.4. The van der Waals surface area contributed by atoms with Crippen molar-refractivity contribution in [2.45, 2.75) is 4.90 Å². The Morgan fingerprint density at radius 3 is 2.62 bits per heavy atom. The Labute approximate surface area is 101 Å². The van der Waals surface area contributed by atoms with Gasteiger partial charge in [-0.2, -0.15) is 5.10 Å². The van der Waals surface area contributed by atoms with Gasteiger partial charge < -0.3 is 0 Å². The highest BCUT2D eigenvalue weighted by molar-refractivity contribution is 9.10. The lowest BCUT2D eigenvalue weighted by Gasteiger charge is -1.99. The molecular weight excluding hydrogens is 294 g/mol. The zero-order valence-electron chi connectivity index (χ0n) is 8.33. The summed E-state index contributed by atoms with van der Waals surface area (Å²) in [7, 11) is -3.22. The number of rotatable bonds is 2. The van der Waals surface area contributed by atoms with Crippen LogP contribution in [-0.4, -0.2) is 29.4 Å². The van der Waals surface area contributed by atoms with Gasteiger partial charge >= 0.3 is 0 Å². The maximum absolute atomic E-state index is 11.3. The number of aromatic nitrogens is 3. The lowest BCUT2D eigenvalue weighted by Crippen LogP contribution is -1.96. The van der Waals surface area contributed by atoms with E-state index in [0.717, 1.165) is 10.7 Å². The first-order valence-electron chi connectivity index (χ1n) is 4.32. The van der Waals surface area contributed by atoms with E-state index in [9.17, 15) is 8.42 Å². The molecule has 2 heterocycles. The van der Waals surface area contributed by atoms with Crippen molar-refractivity contribution in [3.05, 3.63) is 35.3 Å². The van der Waals surface area contributed by atoms with Gasteiger partial charge in [0, 0.05) is 23.1 Å². The van der Waals surface area contributed by atoms with Gasteiger partial charge in [-0.1, -0.05) is 0 Å². The van der Waals surface area contributed by atoms with Gasteiger partial charge in [0.15, 0.2) is 9.84 Å². The Balaban J connectivity index is 2.47. The minimum Gasteiger partial charge on any atom is -0.261 e. The topological polar surface area (TPSA) is 64.8 Å². The summed E-state index contributed by atoms with van der Waals surface area (Å²) in [4.78, 5) is 4.16. The quantitative estimate of drug-likeness (QED) is 0.842. The summed E-state index contributed by atoms with van der Waals surface area (Å²) in [6, 6.07) is 1.80. The smallest absolute Gasteiger partial charge is 0.178 e. The second-order valence-corrected chi connectivity index (χ2v) is 6.19. The maximum atomic E-state index is 11.3.